The molecule has 0 aromatic heterocycles. The molecular weight excluding hydrogens is 258 g/mol. The number of carbonyl (C=O) groups is 1. The van der Waals surface area contributed by atoms with E-state index in [9.17, 15) is 9.90 Å². The molecule has 0 saturated carbocycles. The molecule has 0 spiro atoms. The third-order valence-corrected chi connectivity index (χ3v) is 2.99. The van der Waals surface area contributed by atoms with Gasteiger partial charge in [-0.2, -0.15) is 0 Å². The molecule has 2 rings (SSSR count). The van der Waals surface area contributed by atoms with Crippen molar-refractivity contribution >= 4 is 6.09 Å². The van der Waals surface area contributed by atoms with Gasteiger partial charge in [0.25, 0.3) is 0 Å². The molecule has 2 atom stereocenters. The summed E-state index contributed by atoms with van der Waals surface area (Å²) >= 11 is 0. The summed E-state index contributed by atoms with van der Waals surface area (Å²) in [6.07, 6.45) is -0.309. The first kappa shape index (κ1) is 14.7. The largest absolute Gasteiger partial charge is 0.508 e. The molecule has 1 aliphatic rings. The summed E-state index contributed by atoms with van der Waals surface area (Å²) in [7, 11) is 0. The number of phenols is 1. The molecule has 5 heteroatoms. The van der Waals surface area contributed by atoms with Crippen molar-refractivity contribution in [2.75, 3.05) is 13.2 Å². The van der Waals surface area contributed by atoms with Crippen LogP contribution in [0.2, 0.25) is 0 Å². The molecule has 2 unspecified atom stereocenters. The molecule has 1 aromatic rings. The van der Waals surface area contributed by atoms with Crippen LogP contribution in [0.15, 0.2) is 24.3 Å². The van der Waals surface area contributed by atoms with Crippen molar-refractivity contribution in [3.05, 3.63) is 29.8 Å². The van der Waals surface area contributed by atoms with E-state index in [1.807, 2.05) is 32.9 Å². The van der Waals surface area contributed by atoms with E-state index in [4.69, 9.17) is 9.47 Å². The fourth-order valence-electron chi connectivity index (χ4n) is 1.98. The molecule has 1 amide bonds. The van der Waals surface area contributed by atoms with Crippen LogP contribution in [0.1, 0.15) is 32.3 Å². The van der Waals surface area contributed by atoms with Crippen LogP contribution in [0.3, 0.4) is 0 Å². The highest BCUT2D eigenvalue weighted by Gasteiger charge is 2.34. The third kappa shape index (κ3) is 4.42. The highest BCUT2D eigenvalue weighted by molar-refractivity contribution is 5.67. The van der Waals surface area contributed by atoms with E-state index in [0.717, 1.165) is 5.56 Å². The van der Waals surface area contributed by atoms with Crippen LogP contribution < -0.4 is 5.32 Å². The number of alkyl carbamates (subject to hydrolysis) is 1. The lowest BCUT2D eigenvalue weighted by Crippen LogP contribution is -2.35. The van der Waals surface area contributed by atoms with Crippen LogP contribution in [0.25, 0.3) is 0 Å². The van der Waals surface area contributed by atoms with Gasteiger partial charge in [0.1, 0.15) is 11.4 Å². The van der Waals surface area contributed by atoms with Crippen molar-refractivity contribution < 1.29 is 19.4 Å². The van der Waals surface area contributed by atoms with Crippen molar-refractivity contribution in [1.82, 2.24) is 5.32 Å². The molecule has 1 aromatic carbocycles. The van der Waals surface area contributed by atoms with Crippen molar-refractivity contribution in [3.63, 3.8) is 0 Å². The van der Waals surface area contributed by atoms with Gasteiger partial charge in [-0.05, 0) is 38.5 Å². The summed E-state index contributed by atoms with van der Waals surface area (Å²) in [5, 5.41) is 12.1. The highest BCUT2D eigenvalue weighted by atomic mass is 16.6. The van der Waals surface area contributed by atoms with Crippen LogP contribution in [-0.4, -0.2) is 36.1 Å². The number of benzene rings is 1. The Morgan fingerprint density at radius 2 is 2.05 bits per heavy atom. The average Bonchev–Trinajstić information content (AvgIpc) is 3.13. The summed E-state index contributed by atoms with van der Waals surface area (Å²) in [5.74, 6) is 0.299. The Kier molecular flexibility index (Phi) is 4.18. The molecule has 110 valence electrons. The zero-order chi connectivity index (χ0) is 14.8. The molecule has 1 aliphatic heterocycles. The SMILES string of the molecule is CC(C)(C)OC(=O)NCC(c1ccc(O)cc1)C1CO1. The topological polar surface area (TPSA) is 71.1 Å². The first-order valence-electron chi connectivity index (χ1n) is 6.72. The Labute approximate surface area is 118 Å². The lowest BCUT2D eigenvalue weighted by Gasteiger charge is -2.21. The first-order chi connectivity index (χ1) is 9.35. The summed E-state index contributed by atoms with van der Waals surface area (Å²) in [6.45, 7) is 6.63. The molecule has 20 heavy (non-hydrogen) atoms. The van der Waals surface area contributed by atoms with Crippen LogP contribution >= 0.6 is 0 Å². The number of aromatic hydroxyl groups is 1. The van der Waals surface area contributed by atoms with E-state index in [-0.39, 0.29) is 17.8 Å². The van der Waals surface area contributed by atoms with Crippen molar-refractivity contribution in [2.24, 2.45) is 0 Å². The lowest BCUT2D eigenvalue weighted by atomic mass is 9.96. The first-order valence-corrected chi connectivity index (χ1v) is 6.72. The van der Waals surface area contributed by atoms with E-state index in [1.165, 1.54) is 0 Å². The maximum atomic E-state index is 11.7. The maximum Gasteiger partial charge on any atom is 0.407 e. The number of epoxide rings is 1. The number of amides is 1. The number of rotatable bonds is 4. The maximum absolute atomic E-state index is 11.7. The number of nitrogens with one attached hydrogen (secondary N) is 1. The fraction of sp³-hybridized carbons (Fsp3) is 0.533. The molecule has 0 radical (unpaired) electrons. The normalized spacial score (nSPS) is 19.2. The monoisotopic (exact) mass is 279 g/mol. The van der Waals surface area contributed by atoms with Gasteiger partial charge >= 0.3 is 6.09 Å². The Hall–Kier alpha value is -1.75. The van der Waals surface area contributed by atoms with Crippen LogP contribution in [0.5, 0.6) is 5.75 Å². The highest BCUT2D eigenvalue weighted by Crippen LogP contribution is 2.30. The molecule has 5 nitrogen and oxygen atoms in total. The molecule has 2 N–H and O–H groups in total. The van der Waals surface area contributed by atoms with E-state index < -0.39 is 11.7 Å². The van der Waals surface area contributed by atoms with E-state index >= 15 is 0 Å². The second-order valence-corrected chi connectivity index (χ2v) is 5.95. The number of ether oxygens (including phenoxy) is 2. The van der Waals surface area contributed by atoms with Crippen molar-refractivity contribution in [2.45, 2.75) is 38.4 Å². The van der Waals surface area contributed by atoms with Crippen LogP contribution in [0, 0.1) is 0 Å². The van der Waals surface area contributed by atoms with Crippen molar-refractivity contribution in [1.29, 1.82) is 0 Å². The summed E-state index contributed by atoms with van der Waals surface area (Å²) in [6, 6.07) is 6.97. The number of hydrogen-bond acceptors (Lipinski definition) is 4. The zero-order valence-electron chi connectivity index (χ0n) is 12.1. The van der Waals surface area contributed by atoms with Gasteiger partial charge in [-0.15, -0.1) is 0 Å². The van der Waals surface area contributed by atoms with Gasteiger partial charge in [0.2, 0.25) is 0 Å². The number of phenolic OH excluding ortho intramolecular Hbond substituents is 1. The minimum atomic E-state index is -0.506. The van der Waals surface area contributed by atoms with Crippen LogP contribution in [0.4, 0.5) is 4.79 Å². The van der Waals surface area contributed by atoms with E-state index in [0.29, 0.717) is 13.2 Å². The predicted molar refractivity (Wildman–Crippen MR) is 74.8 cm³/mol. The van der Waals surface area contributed by atoms with Gasteiger partial charge in [-0.3, -0.25) is 0 Å². The standard InChI is InChI=1S/C15H21NO4/c1-15(2,3)20-14(18)16-8-12(13-9-19-13)10-4-6-11(17)7-5-10/h4-7,12-13,17H,8-9H2,1-3H3,(H,16,18). The molecule has 0 bridgehead atoms. The van der Waals surface area contributed by atoms with Gasteiger partial charge < -0.3 is 19.9 Å². The molecular formula is C15H21NO4. The third-order valence-electron chi connectivity index (χ3n) is 2.99. The average molecular weight is 279 g/mol. The smallest absolute Gasteiger partial charge is 0.407 e. The lowest BCUT2D eigenvalue weighted by molar-refractivity contribution is 0.0523. The molecule has 0 aliphatic carbocycles. The zero-order valence-corrected chi connectivity index (χ0v) is 12.1. The quantitative estimate of drug-likeness (QED) is 0.830. The molecule has 1 fully saturated rings. The molecule has 1 heterocycles. The second kappa shape index (κ2) is 5.71. The van der Waals surface area contributed by atoms with Gasteiger partial charge in [0, 0.05) is 12.5 Å². The van der Waals surface area contributed by atoms with Gasteiger partial charge in [-0.1, -0.05) is 12.1 Å². The van der Waals surface area contributed by atoms with Crippen LogP contribution in [-0.2, 0) is 9.47 Å². The van der Waals surface area contributed by atoms with Gasteiger partial charge in [0.15, 0.2) is 0 Å². The number of carbonyl (C=O) groups excluding carboxylic acids is 1. The minimum Gasteiger partial charge on any atom is -0.508 e. The fourth-order valence-corrected chi connectivity index (χ4v) is 1.98. The summed E-state index contributed by atoms with van der Waals surface area (Å²) in [5.41, 5.74) is 0.523. The second-order valence-electron chi connectivity index (χ2n) is 5.95. The number of hydrogen-bond donors (Lipinski definition) is 2. The van der Waals surface area contributed by atoms with Gasteiger partial charge in [-0.25, -0.2) is 4.79 Å². The predicted octanol–water partition coefficient (Wildman–Crippen LogP) is 2.40. The Morgan fingerprint density at radius 1 is 1.45 bits per heavy atom. The van der Waals surface area contributed by atoms with Crippen molar-refractivity contribution in [3.8, 4) is 5.75 Å². The minimum absolute atomic E-state index is 0.0723. The Morgan fingerprint density at radius 3 is 2.55 bits per heavy atom. The summed E-state index contributed by atoms with van der Waals surface area (Å²) < 4.78 is 10.5. The van der Waals surface area contributed by atoms with E-state index in [2.05, 4.69) is 5.32 Å². The molecule has 1 saturated heterocycles. The Balaban J connectivity index is 1.93. The van der Waals surface area contributed by atoms with Gasteiger partial charge in [0.05, 0.1) is 12.7 Å². The Bertz CT molecular complexity index is 460. The summed E-state index contributed by atoms with van der Waals surface area (Å²) in [4.78, 5) is 11.7. The van der Waals surface area contributed by atoms with E-state index in [1.54, 1.807) is 12.1 Å².